The molecule has 3 aromatic rings. The fourth-order valence-electron chi connectivity index (χ4n) is 3.62. The van der Waals surface area contributed by atoms with Crippen molar-refractivity contribution in [2.24, 2.45) is 0 Å². The second-order valence-corrected chi connectivity index (χ2v) is 7.11. The van der Waals surface area contributed by atoms with Gasteiger partial charge in [-0.2, -0.15) is 0 Å². The Balaban J connectivity index is 2.13. The van der Waals surface area contributed by atoms with Gasteiger partial charge in [-0.05, 0) is 66.9 Å². The molecule has 0 N–H and O–H groups in total. The van der Waals surface area contributed by atoms with E-state index in [1.807, 2.05) is 44.2 Å². The molecule has 2 aromatic carbocycles. The number of hydrogen-bond acceptors (Lipinski definition) is 4. The molecular formula is C26H25NO3. The van der Waals surface area contributed by atoms with Gasteiger partial charge < -0.3 is 4.74 Å². The third-order valence-electron chi connectivity index (χ3n) is 5.11. The van der Waals surface area contributed by atoms with E-state index in [2.05, 4.69) is 22.9 Å². The minimum atomic E-state index is -0.640. The number of fused-ring (bicyclic) bond motifs is 1. The minimum Gasteiger partial charge on any atom is -0.466 e. The van der Waals surface area contributed by atoms with Crippen molar-refractivity contribution >= 4 is 22.5 Å². The largest absolute Gasteiger partial charge is 0.466 e. The molecule has 0 bridgehead atoms. The van der Waals surface area contributed by atoms with Gasteiger partial charge in [-0.1, -0.05) is 30.2 Å². The van der Waals surface area contributed by atoms with Crippen molar-refractivity contribution in [1.82, 2.24) is 4.98 Å². The second kappa shape index (κ2) is 9.84. The van der Waals surface area contributed by atoms with Crippen LogP contribution in [0.5, 0.6) is 0 Å². The zero-order chi connectivity index (χ0) is 21.5. The molecule has 0 saturated heterocycles. The van der Waals surface area contributed by atoms with Gasteiger partial charge in [0, 0.05) is 23.9 Å². The van der Waals surface area contributed by atoms with Crippen LogP contribution in [0.3, 0.4) is 0 Å². The molecule has 0 spiro atoms. The van der Waals surface area contributed by atoms with Gasteiger partial charge in [-0.15, -0.1) is 5.92 Å². The van der Waals surface area contributed by atoms with E-state index in [4.69, 9.17) is 4.74 Å². The molecule has 3 rings (SSSR count). The van der Waals surface area contributed by atoms with E-state index in [0.29, 0.717) is 5.56 Å². The standard InChI is InChI=1S/C26H25NO3/c1-4-8-18(3)21-15-20-9-6-7-10-22(20)24(16-21)26(29)23(17-25(28)30-5-2)19-11-13-27-14-12-19/h6-7,9-16,18,23H,5,17H2,1-3H3. The summed E-state index contributed by atoms with van der Waals surface area (Å²) >= 11 is 0. The number of pyridine rings is 1. The smallest absolute Gasteiger partial charge is 0.306 e. The molecule has 2 unspecified atom stereocenters. The molecular weight excluding hydrogens is 374 g/mol. The van der Waals surface area contributed by atoms with E-state index in [1.54, 1.807) is 31.5 Å². The summed E-state index contributed by atoms with van der Waals surface area (Å²) in [7, 11) is 0. The molecule has 1 heterocycles. The third-order valence-corrected chi connectivity index (χ3v) is 5.11. The normalized spacial score (nSPS) is 12.5. The summed E-state index contributed by atoms with van der Waals surface area (Å²) in [5.74, 6) is 4.96. The third kappa shape index (κ3) is 4.75. The Bertz CT molecular complexity index is 1110. The van der Waals surface area contributed by atoms with Crippen molar-refractivity contribution in [1.29, 1.82) is 0 Å². The number of nitrogens with zero attached hydrogens (tertiary/aromatic N) is 1. The number of benzene rings is 2. The second-order valence-electron chi connectivity index (χ2n) is 7.11. The number of hydrogen-bond donors (Lipinski definition) is 0. The molecule has 4 heteroatoms. The van der Waals surface area contributed by atoms with E-state index in [-0.39, 0.29) is 24.7 Å². The minimum absolute atomic E-state index is 0.00409. The van der Waals surface area contributed by atoms with Gasteiger partial charge in [0.2, 0.25) is 0 Å². The van der Waals surface area contributed by atoms with Gasteiger partial charge in [-0.3, -0.25) is 14.6 Å². The molecule has 4 nitrogen and oxygen atoms in total. The Morgan fingerprint density at radius 2 is 1.80 bits per heavy atom. The lowest BCUT2D eigenvalue weighted by Crippen LogP contribution is -2.19. The number of Topliss-reactive ketones (excluding diaryl/α,β-unsaturated/α-hetero) is 1. The van der Waals surface area contributed by atoms with Crippen molar-refractivity contribution in [3.8, 4) is 11.8 Å². The summed E-state index contributed by atoms with van der Waals surface area (Å²) in [6.45, 7) is 5.87. The molecule has 0 aliphatic heterocycles. The van der Waals surface area contributed by atoms with Crippen molar-refractivity contribution in [2.45, 2.75) is 39.0 Å². The predicted molar refractivity (Wildman–Crippen MR) is 118 cm³/mol. The van der Waals surface area contributed by atoms with Crippen molar-refractivity contribution in [2.75, 3.05) is 6.61 Å². The van der Waals surface area contributed by atoms with E-state index < -0.39 is 11.9 Å². The maximum Gasteiger partial charge on any atom is 0.306 e. The zero-order valence-corrected chi connectivity index (χ0v) is 17.5. The van der Waals surface area contributed by atoms with Gasteiger partial charge in [0.25, 0.3) is 0 Å². The summed E-state index contributed by atoms with van der Waals surface area (Å²) in [6.07, 6.45) is 3.25. The topological polar surface area (TPSA) is 56.3 Å². The molecule has 0 amide bonds. The molecule has 0 saturated carbocycles. The van der Waals surface area contributed by atoms with Crippen LogP contribution < -0.4 is 0 Å². The summed E-state index contributed by atoms with van der Waals surface area (Å²) < 4.78 is 5.14. The molecule has 1 aromatic heterocycles. The highest BCUT2D eigenvalue weighted by Crippen LogP contribution is 2.31. The predicted octanol–water partition coefficient (Wildman–Crippen LogP) is 5.28. The number of esters is 1. The first kappa shape index (κ1) is 21.3. The highest BCUT2D eigenvalue weighted by atomic mass is 16.5. The van der Waals surface area contributed by atoms with Crippen molar-refractivity contribution in [3.05, 3.63) is 77.6 Å². The molecule has 2 atom stereocenters. The van der Waals surface area contributed by atoms with Crippen LogP contribution in [0.15, 0.2) is 60.9 Å². The first-order valence-corrected chi connectivity index (χ1v) is 10.1. The van der Waals surface area contributed by atoms with Crippen LogP contribution in [-0.4, -0.2) is 23.3 Å². The lowest BCUT2D eigenvalue weighted by atomic mass is 9.84. The number of carbonyl (C=O) groups is 2. The van der Waals surface area contributed by atoms with E-state index >= 15 is 0 Å². The Labute approximate surface area is 177 Å². The molecule has 0 fully saturated rings. The van der Waals surface area contributed by atoms with E-state index in [9.17, 15) is 9.59 Å². The van der Waals surface area contributed by atoms with Crippen LogP contribution >= 0.6 is 0 Å². The van der Waals surface area contributed by atoms with Gasteiger partial charge in [-0.25, -0.2) is 0 Å². The number of carbonyl (C=O) groups excluding carboxylic acids is 2. The van der Waals surface area contributed by atoms with Crippen LogP contribution in [0.4, 0.5) is 0 Å². The van der Waals surface area contributed by atoms with Crippen LogP contribution in [0, 0.1) is 11.8 Å². The van der Waals surface area contributed by atoms with Crippen LogP contribution in [-0.2, 0) is 9.53 Å². The molecule has 152 valence electrons. The highest BCUT2D eigenvalue weighted by Gasteiger charge is 2.27. The Morgan fingerprint density at radius 1 is 1.07 bits per heavy atom. The quantitative estimate of drug-likeness (QED) is 0.308. The van der Waals surface area contributed by atoms with Crippen molar-refractivity contribution < 1.29 is 14.3 Å². The highest BCUT2D eigenvalue weighted by molar-refractivity contribution is 6.12. The first-order valence-electron chi connectivity index (χ1n) is 10.1. The summed E-state index contributed by atoms with van der Waals surface area (Å²) in [5, 5.41) is 1.85. The van der Waals surface area contributed by atoms with Crippen LogP contribution in [0.25, 0.3) is 10.8 Å². The molecule has 30 heavy (non-hydrogen) atoms. The summed E-state index contributed by atoms with van der Waals surface area (Å²) in [6, 6.07) is 15.4. The Kier molecular flexibility index (Phi) is 6.98. The lowest BCUT2D eigenvalue weighted by molar-refractivity contribution is -0.143. The molecule has 0 radical (unpaired) electrons. The maximum absolute atomic E-state index is 13.8. The first-order chi connectivity index (χ1) is 14.5. The SMILES string of the molecule is CC#CC(C)c1cc(C(=O)C(CC(=O)OCC)c2ccncc2)c2ccccc2c1. The average molecular weight is 399 g/mol. The lowest BCUT2D eigenvalue weighted by Gasteiger charge is -2.18. The number of rotatable bonds is 7. The maximum atomic E-state index is 13.8. The Morgan fingerprint density at radius 3 is 2.50 bits per heavy atom. The van der Waals surface area contributed by atoms with E-state index in [0.717, 1.165) is 21.9 Å². The number of ketones is 1. The molecule has 0 aliphatic rings. The monoisotopic (exact) mass is 399 g/mol. The van der Waals surface area contributed by atoms with Crippen molar-refractivity contribution in [3.63, 3.8) is 0 Å². The Hall–Kier alpha value is -3.45. The van der Waals surface area contributed by atoms with Crippen LogP contribution in [0.1, 0.15) is 60.5 Å². The van der Waals surface area contributed by atoms with E-state index in [1.165, 1.54) is 0 Å². The zero-order valence-electron chi connectivity index (χ0n) is 17.5. The van der Waals surface area contributed by atoms with Gasteiger partial charge in [0.05, 0.1) is 18.9 Å². The fourth-order valence-corrected chi connectivity index (χ4v) is 3.62. The summed E-state index contributed by atoms with van der Waals surface area (Å²) in [5.41, 5.74) is 2.33. The van der Waals surface area contributed by atoms with Gasteiger partial charge in [0.15, 0.2) is 5.78 Å². The summed E-state index contributed by atoms with van der Waals surface area (Å²) in [4.78, 5) is 30.1. The van der Waals surface area contributed by atoms with Gasteiger partial charge >= 0.3 is 5.97 Å². The van der Waals surface area contributed by atoms with Gasteiger partial charge in [0.1, 0.15) is 0 Å². The average Bonchev–Trinajstić information content (AvgIpc) is 2.77. The molecule has 0 aliphatic carbocycles. The number of aromatic nitrogens is 1. The van der Waals surface area contributed by atoms with Crippen LogP contribution in [0.2, 0.25) is 0 Å². The number of ether oxygens (including phenoxy) is 1. The fraction of sp³-hybridized carbons (Fsp3) is 0.269.